The van der Waals surface area contributed by atoms with Gasteiger partial charge >= 0.3 is 11.9 Å². The Kier molecular flexibility index (Phi) is 7.18. The molecule has 0 radical (unpaired) electrons. The van der Waals surface area contributed by atoms with Gasteiger partial charge < -0.3 is 10.2 Å². The summed E-state index contributed by atoms with van der Waals surface area (Å²) in [6.45, 7) is 0.0259. The monoisotopic (exact) mass is 543 g/mol. The summed E-state index contributed by atoms with van der Waals surface area (Å²) >= 11 is 12.1. The summed E-state index contributed by atoms with van der Waals surface area (Å²) in [5.74, 6) is -0.000140. The largest absolute Gasteiger partial charge is 0.416 e. The van der Waals surface area contributed by atoms with Crippen LogP contribution in [0.25, 0.3) is 17.1 Å². The quantitative estimate of drug-likeness (QED) is 0.367. The van der Waals surface area contributed by atoms with Crippen LogP contribution in [0.5, 0.6) is 0 Å². The molecule has 2 atom stereocenters. The maximum atomic E-state index is 13.1. The highest BCUT2D eigenvalue weighted by atomic mass is 35.5. The summed E-state index contributed by atoms with van der Waals surface area (Å²) in [6, 6.07) is 7.45. The van der Waals surface area contributed by atoms with Gasteiger partial charge in [-0.2, -0.15) is 13.2 Å². The Labute approximate surface area is 211 Å². The van der Waals surface area contributed by atoms with E-state index in [1.165, 1.54) is 54.3 Å². The van der Waals surface area contributed by atoms with Crippen LogP contribution in [-0.2, 0) is 13.1 Å². The van der Waals surface area contributed by atoms with E-state index in [1.54, 1.807) is 0 Å². The zero-order valence-corrected chi connectivity index (χ0v) is 19.9. The second-order valence-corrected chi connectivity index (χ2v) is 8.58. The van der Waals surface area contributed by atoms with E-state index in [2.05, 4.69) is 20.2 Å². The normalized spacial score (nSPS) is 13.7. The van der Waals surface area contributed by atoms with Crippen molar-refractivity contribution in [3.8, 4) is 17.1 Å². The van der Waals surface area contributed by atoms with Crippen molar-refractivity contribution < 1.29 is 23.4 Å². The summed E-state index contributed by atoms with van der Waals surface area (Å²) in [6.07, 6.45) is -5.96. The van der Waals surface area contributed by atoms with E-state index in [0.29, 0.717) is 20.8 Å². The lowest BCUT2D eigenvalue weighted by Crippen LogP contribution is -2.37. The number of pyridine rings is 1. The SMILES string of the molecule is C[C@@H](O)c1nc(Cn2nc(-c3ccc(Cl)cc3)n(C[C@H](O)C(F)(F)F)c2=O)nn1-c1cnccc1Cl. The molecule has 190 valence electrons. The molecule has 0 amide bonds. The van der Waals surface area contributed by atoms with Crippen molar-refractivity contribution in [2.45, 2.75) is 38.4 Å². The number of aromatic nitrogens is 7. The number of nitrogens with zero attached hydrogens (tertiary/aromatic N) is 7. The van der Waals surface area contributed by atoms with Gasteiger partial charge in [0.05, 0.1) is 17.8 Å². The molecule has 0 saturated carbocycles. The topological polar surface area (TPSA) is 124 Å². The van der Waals surface area contributed by atoms with E-state index in [4.69, 9.17) is 23.2 Å². The Bertz CT molecular complexity index is 1430. The second-order valence-electron chi connectivity index (χ2n) is 7.74. The van der Waals surface area contributed by atoms with E-state index >= 15 is 0 Å². The third-order valence-corrected chi connectivity index (χ3v) is 5.65. The molecule has 0 fully saturated rings. The van der Waals surface area contributed by atoms with Crippen molar-refractivity contribution in [3.05, 3.63) is 74.9 Å². The van der Waals surface area contributed by atoms with Gasteiger partial charge in [-0.05, 0) is 37.3 Å². The molecular formula is C21H18Cl2F3N7O3. The Balaban J connectivity index is 1.78. The van der Waals surface area contributed by atoms with Crippen molar-refractivity contribution >= 4 is 23.2 Å². The van der Waals surface area contributed by atoms with Gasteiger partial charge in [0.2, 0.25) is 0 Å². The fourth-order valence-electron chi connectivity index (χ4n) is 3.34. The van der Waals surface area contributed by atoms with E-state index in [1.807, 2.05) is 0 Å². The number of halogens is 5. The lowest BCUT2D eigenvalue weighted by Gasteiger charge is -2.15. The molecule has 0 aliphatic carbocycles. The molecule has 0 saturated heterocycles. The summed E-state index contributed by atoms with van der Waals surface area (Å²) in [4.78, 5) is 21.3. The molecule has 0 unspecified atom stereocenters. The molecule has 0 aliphatic heterocycles. The first-order valence-electron chi connectivity index (χ1n) is 10.4. The van der Waals surface area contributed by atoms with Crippen LogP contribution in [0.1, 0.15) is 24.7 Å². The van der Waals surface area contributed by atoms with Crippen LogP contribution in [0, 0.1) is 0 Å². The fraction of sp³-hybridized carbons (Fsp3) is 0.286. The Morgan fingerprint density at radius 1 is 1.08 bits per heavy atom. The molecule has 10 nitrogen and oxygen atoms in total. The lowest BCUT2D eigenvalue weighted by molar-refractivity contribution is -0.207. The van der Waals surface area contributed by atoms with Crippen LogP contribution in [0.3, 0.4) is 0 Å². The minimum absolute atomic E-state index is 0.0246. The Morgan fingerprint density at radius 3 is 2.39 bits per heavy atom. The van der Waals surface area contributed by atoms with Crippen molar-refractivity contribution in [1.82, 2.24) is 34.1 Å². The summed E-state index contributed by atoms with van der Waals surface area (Å²) < 4.78 is 42.0. The molecule has 3 heterocycles. The molecule has 0 spiro atoms. The van der Waals surface area contributed by atoms with Gasteiger partial charge in [-0.15, -0.1) is 10.2 Å². The number of alkyl halides is 3. The number of hydrogen-bond donors (Lipinski definition) is 2. The summed E-state index contributed by atoms with van der Waals surface area (Å²) in [5, 5.41) is 28.9. The zero-order valence-electron chi connectivity index (χ0n) is 18.4. The van der Waals surface area contributed by atoms with Gasteiger partial charge in [-0.25, -0.2) is 19.1 Å². The molecule has 4 rings (SSSR count). The Hall–Kier alpha value is -3.26. The first kappa shape index (κ1) is 25.8. The van der Waals surface area contributed by atoms with Crippen LogP contribution in [0.2, 0.25) is 10.0 Å². The number of hydrogen-bond acceptors (Lipinski definition) is 7. The van der Waals surface area contributed by atoms with Crippen molar-refractivity contribution in [2.75, 3.05) is 0 Å². The van der Waals surface area contributed by atoms with Crippen LogP contribution in [-0.4, -0.2) is 56.6 Å². The van der Waals surface area contributed by atoms with Gasteiger partial charge in [0.1, 0.15) is 18.3 Å². The molecule has 4 aromatic rings. The van der Waals surface area contributed by atoms with E-state index in [0.717, 1.165) is 4.68 Å². The highest BCUT2D eigenvalue weighted by Crippen LogP contribution is 2.25. The lowest BCUT2D eigenvalue weighted by atomic mass is 10.2. The molecular weight excluding hydrogens is 526 g/mol. The number of benzene rings is 1. The van der Waals surface area contributed by atoms with Crippen molar-refractivity contribution in [1.29, 1.82) is 0 Å². The minimum Gasteiger partial charge on any atom is -0.385 e. The van der Waals surface area contributed by atoms with Gasteiger partial charge in [-0.3, -0.25) is 9.55 Å². The standard InChI is InChI=1S/C21H18Cl2F3N7O3/c1-11(34)18-28-17(29-33(18)15-8-27-7-6-14(15)23)10-32-20(36)31(9-16(35)21(24,25)26)19(30-32)12-2-4-13(22)5-3-12/h2-8,11,16,34-35H,9-10H2,1H3/t11-,16+/m1/s1. The van der Waals surface area contributed by atoms with E-state index in [9.17, 15) is 28.2 Å². The van der Waals surface area contributed by atoms with Crippen LogP contribution in [0.4, 0.5) is 13.2 Å². The smallest absolute Gasteiger partial charge is 0.385 e. The summed E-state index contributed by atoms with van der Waals surface area (Å²) in [7, 11) is 0. The van der Waals surface area contributed by atoms with Gasteiger partial charge in [0.15, 0.2) is 23.6 Å². The summed E-state index contributed by atoms with van der Waals surface area (Å²) in [5.41, 5.74) is -0.311. The molecule has 15 heteroatoms. The molecule has 0 aliphatic rings. The molecule has 2 N–H and O–H groups in total. The van der Waals surface area contributed by atoms with Gasteiger partial charge in [0, 0.05) is 16.8 Å². The average Bonchev–Trinajstić information content (AvgIpc) is 3.36. The Morgan fingerprint density at radius 2 is 1.78 bits per heavy atom. The number of rotatable bonds is 7. The van der Waals surface area contributed by atoms with E-state index < -0.39 is 30.6 Å². The number of aliphatic hydroxyl groups is 2. The maximum absolute atomic E-state index is 13.1. The first-order valence-corrected chi connectivity index (χ1v) is 11.1. The van der Waals surface area contributed by atoms with Gasteiger partial charge in [0.25, 0.3) is 0 Å². The van der Waals surface area contributed by atoms with Crippen LogP contribution >= 0.6 is 23.2 Å². The van der Waals surface area contributed by atoms with Crippen molar-refractivity contribution in [2.24, 2.45) is 0 Å². The predicted molar refractivity (Wildman–Crippen MR) is 123 cm³/mol. The molecule has 36 heavy (non-hydrogen) atoms. The fourth-order valence-corrected chi connectivity index (χ4v) is 3.65. The maximum Gasteiger partial charge on any atom is 0.416 e. The highest BCUT2D eigenvalue weighted by Gasteiger charge is 2.39. The first-order chi connectivity index (χ1) is 17.0. The second kappa shape index (κ2) is 10.0. The van der Waals surface area contributed by atoms with Gasteiger partial charge in [-0.1, -0.05) is 23.2 Å². The molecule has 1 aromatic carbocycles. The third kappa shape index (κ3) is 5.28. The molecule has 3 aromatic heterocycles. The zero-order chi connectivity index (χ0) is 26.2. The third-order valence-electron chi connectivity index (χ3n) is 5.08. The van der Waals surface area contributed by atoms with Crippen LogP contribution < -0.4 is 5.69 Å². The minimum atomic E-state index is -4.95. The number of aliphatic hydroxyl groups excluding tert-OH is 2. The predicted octanol–water partition coefficient (Wildman–Crippen LogP) is 3.02. The molecule has 0 bridgehead atoms. The average molecular weight is 544 g/mol. The van der Waals surface area contributed by atoms with Crippen LogP contribution in [0.15, 0.2) is 47.5 Å². The highest BCUT2D eigenvalue weighted by molar-refractivity contribution is 6.32. The van der Waals surface area contributed by atoms with E-state index in [-0.39, 0.29) is 29.0 Å². The van der Waals surface area contributed by atoms with Crippen molar-refractivity contribution in [3.63, 3.8) is 0 Å².